The van der Waals surface area contributed by atoms with Gasteiger partial charge in [0.25, 0.3) is 5.91 Å². The SMILES string of the molecule is COc1ccc(C(=O)NNc2ncnc3ccccc23)cc1. The van der Waals surface area contributed by atoms with E-state index in [9.17, 15) is 4.79 Å². The number of methoxy groups -OCH3 is 1. The van der Waals surface area contributed by atoms with E-state index in [2.05, 4.69) is 20.8 Å². The third-order valence-corrected chi connectivity index (χ3v) is 3.19. The first-order valence-corrected chi connectivity index (χ1v) is 6.68. The van der Waals surface area contributed by atoms with Crippen molar-refractivity contribution in [1.82, 2.24) is 15.4 Å². The van der Waals surface area contributed by atoms with Crippen molar-refractivity contribution in [2.45, 2.75) is 0 Å². The molecular weight excluding hydrogens is 280 g/mol. The fourth-order valence-electron chi connectivity index (χ4n) is 2.03. The molecule has 1 heterocycles. The van der Waals surface area contributed by atoms with Crippen molar-refractivity contribution in [3.63, 3.8) is 0 Å². The maximum Gasteiger partial charge on any atom is 0.269 e. The summed E-state index contributed by atoms with van der Waals surface area (Å²) in [5.74, 6) is 0.990. The molecule has 1 aromatic heterocycles. The highest BCUT2D eigenvalue weighted by Gasteiger charge is 2.07. The molecule has 3 rings (SSSR count). The lowest BCUT2D eigenvalue weighted by molar-refractivity contribution is 0.0962. The van der Waals surface area contributed by atoms with Crippen LogP contribution in [0, 0.1) is 0 Å². The smallest absolute Gasteiger partial charge is 0.269 e. The predicted octanol–water partition coefficient (Wildman–Crippen LogP) is 2.40. The zero-order valence-electron chi connectivity index (χ0n) is 11.9. The molecule has 0 saturated heterocycles. The van der Waals surface area contributed by atoms with E-state index in [1.165, 1.54) is 6.33 Å². The molecule has 110 valence electrons. The lowest BCUT2D eigenvalue weighted by Gasteiger charge is -2.10. The summed E-state index contributed by atoms with van der Waals surface area (Å²) in [7, 11) is 1.58. The minimum Gasteiger partial charge on any atom is -0.497 e. The number of amides is 1. The standard InChI is InChI=1S/C16H14N4O2/c1-22-12-8-6-11(7-9-12)16(21)20-19-15-13-4-2-3-5-14(13)17-10-18-15/h2-10H,1H3,(H,20,21)(H,17,18,19). The molecule has 0 radical (unpaired) electrons. The fourth-order valence-corrected chi connectivity index (χ4v) is 2.03. The molecule has 2 N–H and O–H groups in total. The molecule has 1 amide bonds. The highest BCUT2D eigenvalue weighted by Crippen LogP contribution is 2.17. The Kier molecular flexibility index (Phi) is 3.82. The van der Waals surface area contributed by atoms with Crippen molar-refractivity contribution >= 4 is 22.6 Å². The van der Waals surface area contributed by atoms with Gasteiger partial charge in [-0.3, -0.25) is 15.6 Å². The monoisotopic (exact) mass is 294 g/mol. The van der Waals surface area contributed by atoms with Crippen LogP contribution < -0.4 is 15.6 Å². The zero-order valence-corrected chi connectivity index (χ0v) is 11.9. The third-order valence-electron chi connectivity index (χ3n) is 3.19. The average molecular weight is 294 g/mol. The van der Waals surface area contributed by atoms with Crippen LogP contribution in [0.5, 0.6) is 5.75 Å². The van der Waals surface area contributed by atoms with Crippen LogP contribution in [0.15, 0.2) is 54.9 Å². The Morgan fingerprint density at radius 3 is 2.59 bits per heavy atom. The number of ether oxygens (including phenoxy) is 1. The first-order valence-electron chi connectivity index (χ1n) is 6.68. The third kappa shape index (κ3) is 2.80. The summed E-state index contributed by atoms with van der Waals surface area (Å²) in [4.78, 5) is 20.4. The van der Waals surface area contributed by atoms with Gasteiger partial charge >= 0.3 is 0 Å². The lowest BCUT2D eigenvalue weighted by atomic mass is 10.2. The van der Waals surface area contributed by atoms with E-state index in [0.717, 1.165) is 10.9 Å². The Balaban J connectivity index is 1.74. The van der Waals surface area contributed by atoms with Crippen molar-refractivity contribution in [3.05, 3.63) is 60.4 Å². The summed E-state index contributed by atoms with van der Waals surface area (Å²) >= 11 is 0. The maximum atomic E-state index is 12.1. The highest BCUT2D eigenvalue weighted by molar-refractivity contribution is 5.96. The number of benzene rings is 2. The number of nitrogens with zero attached hydrogens (tertiary/aromatic N) is 2. The number of nitrogens with one attached hydrogen (secondary N) is 2. The Labute approximate surface area is 127 Å². The molecule has 0 bridgehead atoms. The molecule has 2 aromatic carbocycles. The lowest BCUT2D eigenvalue weighted by Crippen LogP contribution is -2.29. The highest BCUT2D eigenvalue weighted by atomic mass is 16.5. The van der Waals surface area contributed by atoms with Gasteiger partial charge in [-0.25, -0.2) is 9.97 Å². The van der Waals surface area contributed by atoms with Gasteiger partial charge in [0, 0.05) is 10.9 Å². The van der Waals surface area contributed by atoms with Gasteiger partial charge in [0.2, 0.25) is 0 Å². The molecule has 6 heteroatoms. The van der Waals surface area contributed by atoms with Crippen LogP contribution in [0.25, 0.3) is 10.9 Å². The summed E-state index contributed by atoms with van der Waals surface area (Å²) in [6, 6.07) is 14.4. The van der Waals surface area contributed by atoms with Crippen molar-refractivity contribution in [1.29, 1.82) is 0 Å². The van der Waals surface area contributed by atoms with E-state index in [0.29, 0.717) is 17.1 Å². The van der Waals surface area contributed by atoms with Gasteiger partial charge in [0.05, 0.1) is 12.6 Å². The quantitative estimate of drug-likeness (QED) is 0.723. The minimum atomic E-state index is -0.259. The molecule has 0 aliphatic rings. The van der Waals surface area contributed by atoms with Crippen LogP contribution in [-0.4, -0.2) is 23.0 Å². The summed E-state index contributed by atoms with van der Waals surface area (Å²) in [6.45, 7) is 0. The van der Waals surface area contributed by atoms with Gasteiger partial charge in [-0.15, -0.1) is 0 Å². The number of carbonyl (C=O) groups excluding carboxylic acids is 1. The molecule has 3 aromatic rings. The molecule has 0 aliphatic heterocycles. The zero-order chi connectivity index (χ0) is 15.4. The van der Waals surface area contributed by atoms with Gasteiger partial charge in [-0.05, 0) is 36.4 Å². The second kappa shape index (κ2) is 6.09. The summed E-state index contributed by atoms with van der Waals surface area (Å²) in [6.07, 6.45) is 1.45. The number of hydrogen-bond donors (Lipinski definition) is 2. The molecule has 0 atom stereocenters. The minimum absolute atomic E-state index is 0.259. The first-order chi connectivity index (χ1) is 10.8. The van der Waals surface area contributed by atoms with Crippen LogP contribution in [-0.2, 0) is 0 Å². The summed E-state index contributed by atoms with van der Waals surface area (Å²) in [5, 5.41) is 0.833. The van der Waals surface area contributed by atoms with E-state index in [4.69, 9.17) is 4.74 Å². The second-order valence-corrected chi connectivity index (χ2v) is 4.55. The fraction of sp³-hybridized carbons (Fsp3) is 0.0625. The largest absolute Gasteiger partial charge is 0.497 e. The molecule has 6 nitrogen and oxygen atoms in total. The Bertz CT molecular complexity index is 797. The van der Waals surface area contributed by atoms with E-state index in [1.807, 2.05) is 24.3 Å². The van der Waals surface area contributed by atoms with E-state index in [1.54, 1.807) is 31.4 Å². The van der Waals surface area contributed by atoms with Crippen molar-refractivity contribution < 1.29 is 9.53 Å². The van der Waals surface area contributed by atoms with Gasteiger partial charge in [0.1, 0.15) is 12.1 Å². The Morgan fingerprint density at radius 1 is 1.05 bits per heavy atom. The molecular formula is C16H14N4O2. The van der Waals surface area contributed by atoms with Crippen molar-refractivity contribution in [2.24, 2.45) is 0 Å². The van der Waals surface area contributed by atoms with E-state index in [-0.39, 0.29) is 5.91 Å². The van der Waals surface area contributed by atoms with Gasteiger partial charge in [-0.2, -0.15) is 0 Å². The molecule has 0 saturated carbocycles. The molecule has 0 spiro atoms. The molecule has 0 fully saturated rings. The number of hydrogen-bond acceptors (Lipinski definition) is 5. The Hall–Kier alpha value is -3.15. The van der Waals surface area contributed by atoms with Gasteiger partial charge in [-0.1, -0.05) is 12.1 Å². The van der Waals surface area contributed by atoms with Crippen molar-refractivity contribution in [2.75, 3.05) is 12.5 Å². The van der Waals surface area contributed by atoms with E-state index >= 15 is 0 Å². The van der Waals surface area contributed by atoms with E-state index < -0.39 is 0 Å². The average Bonchev–Trinajstić information content (AvgIpc) is 2.59. The van der Waals surface area contributed by atoms with Gasteiger partial charge in [0.15, 0.2) is 5.82 Å². The van der Waals surface area contributed by atoms with Crippen LogP contribution in [0.2, 0.25) is 0 Å². The number of rotatable bonds is 4. The predicted molar refractivity (Wildman–Crippen MR) is 83.6 cm³/mol. The second-order valence-electron chi connectivity index (χ2n) is 4.55. The summed E-state index contributed by atoms with van der Waals surface area (Å²) < 4.78 is 5.06. The van der Waals surface area contributed by atoms with Crippen LogP contribution in [0.3, 0.4) is 0 Å². The number of para-hydroxylation sites is 1. The number of aromatic nitrogens is 2. The molecule has 22 heavy (non-hydrogen) atoms. The van der Waals surface area contributed by atoms with Crippen molar-refractivity contribution in [3.8, 4) is 5.75 Å². The number of carbonyl (C=O) groups is 1. The number of anilines is 1. The first kappa shape index (κ1) is 13.8. The van der Waals surface area contributed by atoms with Crippen LogP contribution >= 0.6 is 0 Å². The summed E-state index contributed by atoms with van der Waals surface area (Å²) in [5.41, 5.74) is 6.78. The van der Waals surface area contributed by atoms with Crippen LogP contribution in [0.4, 0.5) is 5.82 Å². The normalized spacial score (nSPS) is 10.2. The topological polar surface area (TPSA) is 76.1 Å². The molecule has 0 aliphatic carbocycles. The van der Waals surface area contributed by atoms with Crippen LogP contribution in [0.1, 0.15) is 10.4 Å². The number of fused-ring (bicyclic) bond motifs is 1. The molecule has 0 unspecified atom stereocenters. The number of hydrazine groups is 1. The maximum absolute atomic E-state index is 12.1. The van der Waals surface area contributed by atoms with Gasteiger partial charge < -0.3 is 4.74 Å². The Morgan fingerprint density at radius 2 is 1.82 bits per heavy atom.